The van der Waals surface area contributed by atoms with Crippen molar-refractivity contribution in [2.24, 2.45) is 0 Å². The normalized spacial score (nSPS) is 11.1. The van der Waals surface area contributed by atoms with E-state index in [1.165, 1.54) is 10.6 Å². The maximum atomic E-state index is 13.7. The van der Waals surface area contributed by atoms with Crippen LogP contribution in [0, 0.1) is 0 Å². The number of rotatable bonds is 9. The first-order valence-electron chi connectivity index (χ1n) is 12.5. The van der Waals surface area contributed by atoms with Crippen LogP contribution in [0.15, 0.2) is 71.8 Å². The van der Waals surface area contributed by atoms with E-state index in [1.54, 1.807) is 23.0 Å². The Bertz CT molecular complexity index is 1630. The fourth-order valence-corrected chi connectivity index (χ4v) is 4.68. The van der Waals surface area contributed by atoms with Gasteiger partial charge in [-0.25, -0.2) is 9.59 Å². The number of aromatic amines is 1. The first kappa shape index (κ1) is 24.8. The topological polar surface area (TPSA) is 132 Å². The summed E-state index contributed by atoms with van der Waals surface area (Å²) in [7, 11) is 0. The van der Waals surface area contributed by atoms with Gasteiger partial charge in [0.1, 0.15) is 0 Å². The number of nitrogens with one attached hydrogen (secondary N) is 1. The van der Waals surface area contributed by atoms with E-state index < -0.39 is 5.97 Å². The number of aromatic nitrogens is 7. The summed E-state index contributed by atoms with van der Waals surface area (Å²) in [6, 6.07) is 16.6. The van der Waals surface area contributed by atoms with Crippen LogP contribution >= 0.6 is 0 Å². The van der Waals surface area contributed by atoms with Crippen LogP contribution in [0.4, 0.5) is 0 Å². The molecular formula is C28H27N7O3. The molecule has 0 fully saturated rings. The average molecular weight is 510 g/mol. The molecule has 38 heavy (non-hydrogen) atoms. The zero-order chi connectivity index (χ0) is 26.6. The Hall–Kier alpha value is -4.86. The van der Waals surface area contributed by atoms with Crippen molar-refractivity contribution in [1.29, 1.82) is 0 Å². The Kier molecular flexibility index (Phi) is 6.94. The van der Waals surface area contributed by atoms with Crippen molar-refractivity contribution in [3.05, 3.63) is 99.9 Å². The van der Waals surface area contributed by atoms with Crippen molar-refractivity contribution in [2.45, 2.75) is 39.7 Å². The summed E-state index contributed by atoms with van der Waals surface area (Å²) in [6.07, 6.45) is 5.66. The van der Waals surface area contributed by atoms with Crippen molar-refractivity contribution in [2.75, 3.05) is 0 Å². The predicted molar refractivity (Wildman–Crippen MR) is 142 cm³/mol. The molecule has 3 heterocycles. The number of carbonyl (C=O) groups is 1. The second-order valence-electron chi connectivity index (χ2n) is 8.91. The van der Waals surface area contributed by atoms with Crippen molar-refractivity contribution < 1.29 is 9.90 Å². The number of H-pyrrole nitrogens is 1. The standard InChI is InChI=1S/C28H27N7O3/c1-3-8-20-17-35(25-19(4-2)9-7-12-23(25)27(36)37)28(38)34(20)16-18-13-14-24(29-15-18)21-10-5-6-11-22(21)26-30-32-33-31-26/h5-7,9-15,17H,3-4,8,16H2,1-2H3,(H,36,37)(H,30,31,32,33). The molecule has 0 aliphatic rings. The summed E-state index contributed by atoms with van der Waals surface area (Å²) in [5.74, 6) is -0.579. The maximum Gasteiger partial charge on any atom is 0.337 e. The molecule has 10 nitrogen and oxygen atoms in total. The number of pyridine rings is 1. The van der Waals surface area contributed by atoms with E-state index in [0.29, 0.717) is 30.9 Å². The SMILES string of the molecule is CCCc1cn(-c2c(CC)cccc2C(=O)O)c(=O)n1Cc1ccc(-c2ccccc2-c2nn[nH]n2)nc1. The second kappa shape index (κ2) is 10.6. The Balaban J connectivity index is 1.52. The molecule has 0 amide bonds. The van der Waals surface area contributed by atoms with Crippen LogP contribution in [0.1, 0.15) is 47.4 Å². The summed E-state index contributed by atoms with van der Waals surface area (Å²) >= 11 is 0. The Morgan fingerprint density at radius 1 is 1.03 bits per heavy atom. The summed E-state index contributed by atoms with van der Waals surface area (Å²) in [6.45, 7) is 4.31. The van der Waals surface area contributed by atoms with Crippen LogP contribution in [0.2, 0.25) is 0 Å². The third kappa shape index (κ3) is 4.63. The minimum Gasteiger partial charge on any atom is -0.478 e. The number of carboxylic acid groups (broad SMARTS) is 1. The molecule has 10 heteroatoms. The van der Waals surface area contributed by atoms with E-state index in [0.717, 1.165) is 40.1 Å². The van der Waals surface area contributed by atoms with E-state index in [9.17, 15) is 14.7 Å². The number of aromatic carboxylic acids is 1. The van der Waals surface area contributed by atoms with E-state index >= 15 is 0 Å². The highest BCUT2D eigenvalue weighted by molar-refractivity contribution is 5.92. The Morgan fingerprint density at radius 2 is 1.84 bits per heavy atom. The number of hydrogen-bond acceptors (Lipinski definition) is 6. The van der Waals surface area contributed by atoms with Crippen molar-refractivity contribution in [1.82, 2.24) is 34.7 Å². The lowest BCUT2D eigenvalue weighted by atomic mass is 10.0. The Morgan fingerprint density at radius 3 is 2.50 bits per heavy atom. The van der Waals surface area contributed by atoms with Gasteiger partial charge in [-0.3, -0.25) is 14.1 Å². The number of aryl methyl sites for hydroxylation is 2. The van der Waals surface area contributed by atoms with Gasteiger partial charge in [-0.15, -0.1) is 10.2 Å². The number of carboxylic acids is 1. The predicted octanol–water partition coefficient (Wildman–Crippen LogP) is 4.14. The van der Waals surface area contributed by atoms with Crippen molar-refractivity contribution >= 4 is 5.97 Å². The quantitative estimate of drug-likeness (QED) is 0.305. The van der Waals surface area contributed by atoms with Crippen LogP contribution in [-0.2, 0) is 19.4 Å². The van der Waals surface area contributed by atoms with Crippen LogP contribution in [-0.4, -0.2) is 45.8 Å². The molecule has 192 valence electrons. The fraction of sp³-hybridized carbons (Fsp3) is 0.214. The first-order chi connectivity index (χ1) is 18.5. The molecule has 0 atom stereocenters. The van der Waals surface area contributed by atoms with Gasteiger partial charge in [-0.05, 0) is 41.3 Å². The summed E-state index contributed by atoms with van der Waals surface area (Å²) in [5.41, 5.74) is 5.18. The van der Waals surface area contributed by atoms with Gasteiger partial charge in [0.05, 0.1) is 23.5 Å². The molecule has 2 N–H and O–H groups in total. The molecule has 5 aromatic rings. The van der Waals surface area contributed by atoms with Crippen LogP contribution in [0.25, 0.3) is 28.3 Å². The summed E-state index contributed by atoms with van der Waals surface area (Å²) < 4.78 is 3.18. The van der Waals surface area contributed by atoms with E-state index in [-0.39, 0.29) is 11.3 Å². The fourth-order valence-electron chi connectivity index (χ4n) is 4.68. The smallest absolute Gasteiger partial charge is 0.337 e. The molecule has 5 rings (SSSR count). The van der Waals surface area contributed by atoms with Gasteiger partial charge in [0, 0.05) is 29.2 Å². The van der Waals surface area contributed by atoms with Crippen LogP contribution in [0.5, 0.6) is 0 Å². The number of nitrogens with zero attached hydrogens (tertiary/aromatic N) is 6. The number of imidazole rings is 1. The highest BCUT2D eigenvalue weighted by atomic mass is 16.4. The molecule has 0 saturated carbocycles. The van der Waals surface area contributed by atoms with Crippen molar-refractivity contribution in [3.8, 4) is 28.3 Å². The number of tetrazole rings is 1. The van der Waals surface area contributed by atoms with Gasteiger partial charge in [0.15, 0.2) is 0 Å². The first-order valence-corrected chi connectivity index (χ1v) is 12.5. The zero-order valence-corrected chi connectivity index (χ0v) is 21.1. The molecule has 0 unspecified atom stereocenters. The van der Waals surface area contributed by atoms with Crippen molar-refractivity contribution in [3.63, 3.8) is 0 Å². The van der Waals surface area contributed by atoms with Gasteiger partial charge in [0.2, 0.25) is 5.82 Å². The zero-order valence-electron chi connectivity index (χ0n) is 21.1. The van der Waals surface area contributed by atoms with Gasteiger partial charge in [0.25, 0.3) is 0 Å². The van der Waals surface area contributed by atoms with Crippen LogP contribution in [0.3, 0.4) is 0 Å². The van der Waals surface area contributed by atoms with Crippen LogP contribution < -0.4 is 5.69 Å². The minimum atomic E-state index is -1.06. The highest BCUT2D eigenvalue weighted by Gasteiger charge is 2.20. The third-order valence-electron chi connectivity index (χ3n) is 6.49. The minimum absolute atomic E-state index is 0.109. The lowest BCUT2D eigenvalue weighted by molar-refractivity contribution is 0.0696. The number of para-hydroxylation sites is 1. The molecule has 0 bridgehead atoms. The molecule has 0 aliphatic heterocycles. The number of hydrogen-bond donors (Lipinski definition) is 2. The molecule has 2 aromatic carbocycles. The molecule has 0 radical (unpaired) electrons. The molecular weight excluding hydrogens is 482 g/mol. The van der Waals surface area contributed by atoms with E-state index in [1.807, 2.05) is 56.3 Å². The van der Waals surface area contributed by atoms with E-state index in [2.05, 4.69) is 25.6 Å². The summed E-state index contributed by atoms with van der Waals surface area (Å²) in [5, 5.41) is 24.1. The lowest BCUT2D eigenvalue weighted by Gasteiger charge is -2.11. The van der Waals surface area contributed by atoms with Gasteiger partial charge in [-0.1, -0.05) is 62.7 Å². The maximum absolute atomic E-state index is 13.7. The Labute approximate surface area is 218 Å². The molecule has 0 spiro atoms. The largest absolute Gasteiger partial charge is 0.478 e. The highest BCUT2D eigenvalue weighted by Crippen LogP contribution is 2.28. The molecule has 0 aliphatic carbocycles. The lowest BCUT2D eigenvalue weighted by Crippen LogP contribution is -2.26. The average Bonchev–Trinajstić information content (AvgIpc) is 3.58. The van der Waals surface area contributed by atoms with Gasteiger partial charge >= 0.3 is 11.7 Å². The monoisotopic (exact) mass is 509 g/mol. The second-order valence-corrected chi connectivity index (χ2v) is 8.91. The van der Waals surface area contributed by atoms with E-state index in [4.69, 9.17) is 0 Å². The van der Waals surface area contributed by atoms with Gasteiger partial charge in [-0.2, -0.15) is 5.21 Å². The summed E-state index contributed by atoms with van der Waals surface area (Å²) in [4.78, 5) is 30.3. The molecule has 3 aromatic heterocycles. The van der Waals surface area contributed by atoms with Gasteiger partial charge < -0.3 is 5.11 Å². The third-order valence-corrected chi connectivity index (χ3v) is 6.49. The molecule has 0 saturated heterocycles. The number of benzene rings is 2.